The second-order valence-electron chi connectivity index (χ2n) is 3.91. The van der Waals surface area contributed by atoms with E-state index in [0.29, 0.717) is 22.8 Å². The number of benzene rings is 2. The van der Waals surface area contributed by atoms with Crippen LogP contribution in [0.3, 0.4) is 0 Å². The second-order valence-corrected chi connectivity index (χ2v) is 4.83. The van der Waals surface area contributed by atoms with Gasteiger partial charge in [0.2, 0.25) is 6.79 Å². The van der Waals surface area contributed by atoms with Gasteiger partial charge < -0.3 is 14.2 Å². The van der Waals surface area contributed by atoms with Crippen molar-refractivity contribution < 1.29 is 19.0 Å². The SMILES string of the molecule is O=C(Oc1ccc2c(c1)OCO2)c1cccc(Br)c1. The van der Waals surface area contributed by atoms with Gasteiger partial charge in [-0.3, -0.25) is 0 Å². The first kappa shape index (κ1) is 12.0. The molecule has 1 heterocycles. The zero-order chi connectivity index (χ0) is 13.2. The van der Waals surface area contributed by atoms with Crippen molar-refractivity contribution in [2.45, 2.75) is 0 Å². The lowest BCUT2D eigenvalue weighted by atomic mass is 10.2. The van der Waals surface area contributed by atoms with Gasteiger partial charge in [0.1, 0.15) is 5.75 Å². The van der Waals surface area contributed by atoms with Crippen LogP contribution in [0, 0.1) is 0 Å². The Bertz CT molecular complexity index is 639. The Kier molecular flexibility index (Phi) is 3.13. The Hall–Kier alpha value is -2.01. The number of ether oxygens (including phenoxy) is 3. The van der Waals surface area contributed by atoms with Crippen LogP contribution in [-0.2, 0) is 0 Å². The summed E-state index contributed by atoms with van der Waals surface area (Å²) in [6.45, 7) is 0.193. The van der Waals surface area contributed by atoms with Crippen molar-refractivity contribution in [3.63, 3.8) is 0 Å². The van der Waals surface area contributed by atoms with Crippen LogP contribution in [-0.4, -0.2) is 12.8 Å². The predicted octanol–water partition coefficient (Wildman–Crippen LogP) is 3.40. The third kappa shape index (κ3) is 2.56. The highest BCUT2D eigenvalue weighted by atomic mass is 79.9. The van der Waals surface area contributed by atoms with Crippen molar-refractivity contribution in [1.29, 1.82) is 0 Å². The fourth-order valence-corrected chi connectivity index (χ4v) is 2.12. The summed E-state index contributed by atoms with van der Waals surface area (Å²) in [4.78, 5) is 12.0. The molecule has 3 rings (SSSR count). The molecule has 1 aliphatic heterocycles. The van der Waals surface area contributed by atoms with E-state index in [4.69, 9.17) is 14.2 Å². The van der Waals surface area contributed by atoms with Crippen molar-refractivity contribution in [1.82, 2.24) is 0 Å². The standard InChI is InChI=1S/C14H9BrO4/c15-10-3-1-2-9(6-10)14(16)19-11-4-5-12-13(7-11)18-8-17-12/h1-7H,8H2. The average Bonchev–Trinajstić information content (AvgIpc) is 2.86. The maximum Gasteiger partial charge on any atom is 0.343 e. The van der Waals surface area contributed by atoms with E-state index in [1.54, 1.807) is 36.4 Å². The van der Waals surface area contributed by atoms with Crippen LogP contribution in [0.25, 0.3) is 0 Å². The monoisotopic (exact) mass is 320 g/mol. The van der Waals surface area contributed by atoms with E-state index in [9.17, 15) is 4.79 Å². The molecule has 0 aliphatic carbocycles. The molecule has 0 N–H and O–H groups in total. The van der Waals surface area contributed by atoms with E-state index in [-0.39, 0.29) is 6.79 Å². The number of carbonyl (C=O) groups is 1. The van der Waals surface area contributed by atoms with E-state index < -0.39 is 5.97 Å². The third-order valence-corrected chi connectivity index (χ3v) is 3.11. The molecule has 0 bridgehead atoms. The highest BCUT2D eigenvalue weighted by molar-refractivity contribution is 9.10. The zero-order valence-corrected chi connectivity index (χ0v) is 11.3. The van der Waals surface area contributed by atoms with Crippen molar-refractivity contribution in [3.05, 3.63) is 52.5 Å². The van der Waals surface area contributed by atoms with E-state index in [1.807, 2.05) is 6.07 Å². The molecule has 1 aliphatic rings. The van der Waals surface area contributed by atoms with Gasteiger partial charge in [0.15, 0.2) is 11.5 Å². The molecule has 96 valence electrons. The second kappa shape index (κ2) is 4.93. The van der Waals surface area contributed by atoms with Crippen molar-refractivity contribution in [2.24, 2.45) is 0 Å². The van der Waals surface area contributed by atoms with Gasteiger partial charge in [-0.05, 0) is 30.3 Å². The van der Waals surface area contributed by atoms with Crippen LogP contribution in [0.4, 0.5) is 0 Å². The number of carbonyl (C=O) groups excluding carboxylic acids is 1. The Balaban J connectivity index is 1.80. The molecule has 2 aromatic carbocycles. The number of hydrogen-bond acceptors (Lipinski definition) is 4. The minimum Gasteiger partial charge on any atom is -0.454 e. The van der Waals surface area contributed by atoms with E-state index in [2.05, 4.69) is 15.9 Å². The molecule has 0 atom stereocenters. The lowest BCUT2D eigenvalue weighted by molar-refractivity contribution is 0.0734. The molecule has 5 heteroatoms. The van der Waals surface area contributed by atoms with Gasteiger partial charge in [-0.1, -0.05) is 22.0 Å². The number of hydrogen-bond donors (Lipinski definition) is 0. The molecule has 0 spiro atoms. The first-order chi connectivity index (χ1) is 9.22. The highest BCUT2D eigenvalue weighted by Crippen LogP contribution is 2.35. The quantitative estimate of drug-likeness (QED) is 0.628. The molecular formula is C14H9BrO4. The summed E-state index contributed by atoms with van der Waals surface area (Å²) in [6, 6.07) is 12.0. The summed E-state index contributed by atoms with van der Waals surface area (Å²) < 4.78 is 16.5. The van der Waals surface area contributed by atoms with Crippen LogP contribution in [0.1, 0.15) is 10.4 Å². The van der Waals surface area contributed by atoms with Crippen molar-refractivity contribution >= 4 is 21.9 Å². The molecule has 0 amide bonds. The van der Waals surface area contributed by atoms with E-state index >= 15 is 0 Å². The maximum absolute atomic E-state index is 12.0. The van der Waals surface area contributed by atoms with Crippen LogP contribution in [0.5, 0.6) is 17.2 Å². The Morgan fingerprint density at radius 3 is 2.79 bits per heavy atom. The summed E-state index contributed by atoms with van der Waals surface area (Å²) in [5.41, 5.74) is 0.479. The fourth-order valence-electron chi connectivity index (χ4n) is 1.72. The van der Waals surface area contributed by atoms with Gasteiger partial charge in [0.05, 0.1) is 5.56 Å². The molecule has 0 radical (unpaired) electrons. The number of halogens is 1. The van der Waals surface area contributed by atoms with Crippen LogP contribution < -0.4 is 14.2 Å². The topological polar surface area (TPSA) is 44.8 Å². The zero-order valence-electron chi connectivity index (χ0n) is 9.76. The summed E-state index contributed by atoms with van der Waals surface area (Å²) in [7, 11) is 0. The first-order valence-electron chi connectivity index (χ1n) is 5.60. The minimum atomic E-state index is -0.417. The highest BCUT2D eigenvalue weighted by Gasteiger charge is 2.15. The van der Waals surface area contributed by atoms with Gasteiger partial charge in [0.25, 0.3) is 0 Å². The molecule has 2 aromatic rings. The number of esters is 1. The molecule has 0 aromatic heterocycles. The molecule has 19 heavy (non-hydrogen) atoms. The maximum atomic E-state index is 12.0. The summed E-state index contributed by atoms with van der Waals surface area (Å²) in [5, 5.41) is 0. The smallest absolute Gasteiger partial charge is 0.343 e. The molecule has 0 unspecified atom stereocenters. The normalized spacial score (nSPS) is 12.3. The summed E-state index contributed by atoms with van der Waals surface area (Å²) in [6.07, 6.45) is 0. The van der Waals surface area contributed by atoms with E-state index in [0.717, 1.165) is 4.47 Å². The van der Waals surface area contributed by atoms with Gasteiger partial charge in [-0.2, -0.15) is 0 Å². The first-order valence-corrected chi connectivity index (χ1v) is 6.39. The van der Waals surface area contributed by atoms with Gasteiger partial charge >= 0.3 is 5.97 Å². The summed E-state index contributed by atoms with van der Waals surface area (Å²) in [5.74, 6) is 1.25. The largest absolute Gasteiger partial charge is 0.454 e. The predicted molar refractivity (Wildman–Crippen MR) is 71.7 cm³/mol. The molecule has 0 saturated heterocycles. The van der Waals surface area contributed by atoms with Gasteiger partial charge in [-0.15, -0.1) is 0 Å². The number of fused-ring (bicyclic) bond motifs is 1. The lowest BCUT2D eigenvalue weighted by Gasteiger charge is -2.05. The number of rotatable bonds is 2. The van der Waals surface area contributed by atoms with E-state index in [1.165, 1.54) is 0 Å². The Morgan fingerprint density at radius 1 is 1.11 bits per heavy atom. The van der Waals surface area contributed by atoms with Gasteiger partial charge in [0, 0.05) is 10.5 Å². The third-order valence-electron chi connectivity index (χ3n) is 2.61. The van der Waals surface area contributed by atoms with Crippen molar-refractivity contribution in [2.75, 3.05) is 6.79 Å². The molecular weight excluding hydrogens is 312 g/mol. The molecule has 0 fully saturated rings. The molecule has 0 saturated carbocycles. The minimum absolute atomic E-state index is 0.193. The van der Waals surface area contributed by atoms with Crippen LogP contribution in [0.2, 0.25) is 0 Å². The summed E-state index contributed by atoms with van der Waals surface area (Å²) >= 11 is 3.31. The fraction of sp³-hybridized carbons (Fsp3) is 0.0714. The van der Waals surface area contributed by atoms with Crippen molar-refractivity contribution in [3.8, 4) is 17.2 Å². The average molecular weight is 321 g/mol. The van der Waals surface area contributed by atoms with Gasteiger partial charge in [-0.25, -0.2) is 4.79 Å². The molecule has 4 nitrogen and oxygen atoms in total. The van der Waals surface area contributed by atoms with Crippen LogP contribution >= 0.6 is 15.9 Å². The lowest BCUT2D eigenvalue weighted by Crippen LogP contribution is -2.08. The Morgan fingerprint density at radius 2 is 1.95 bits per heavy atom. The van der Waals surface area contributed by atoms with Crippen LogP contribution in [0.15, 0.2) is 46.9 Å². The Labute approximate surface area is 118 Å².